The van der Waals surface area contributed by atoms with Gasteiger partial charge in [0.1, 0.15) is 5.75 Å². The molecule has 3 rings (SSSR count). The van der Waals surface area contributed by atoms with Crippen LogP contribution in [-0.2, 0) is 4.74 Å². The normalized spacial score (nSPS) is 21.9. The Morgan fingerprint density at radius 3 is 2.46 bits per heavy atom. The first-order valence-corrected chi connectivity index (χ1v) is 10.6. The molecule has 0 bridgehead atoms. The molecule has 156 valence electrons. The molecule has 2 saturated heterocycles. The fraction of sp³-hybridized carbons (Fsp3) is 0.696. The number of carbonyl (C=O) groups is 1. The molecule has 1 spiro atoms. The Kier molecular flexibility index (Phi) is 6.06. The highest BCUT2D eigenvalue weighted by molar-refractivity contribution is 5.94. The van der Waals surface area contributed by atoms with Crippen molar-refractivity contribution in [1.82, 2.24) is 9.80 Å². The minimum atomic E-state index is -0.135. The Morgan fingerprint density at radius 2 is 1.89 bits per heavy atom. The molecule has 5 nitrogen and oxygen atoms in total. The summed E-state index contributed by atoms with van der Waals surface area (Å²) < 4.78 is 12.3. The summed E-state index contributed by atoms with van der Waals surface area (Å²) in [6.07, 6.45) is 1.92. The number of benzene rings is 1. The predicted octanol–water partition coefficient (Wildman–Crippen LogP) is 3.89. The molecule has 0 atom stereocenters. The molecule has 0 saturated carbocycles. The average molecular weight is 389 g/mol. The number of likely N-dealkylation sites (tertiary alicyclic amines) is 1. The van der Waals surface area contributed by atoms with Gasteiger partial charge in [0.25, 0.3) is 5.91 Å². The van der Waals surface area contributed by atoms with Crippen molar-refractivity contribution in [3.8, 4) is 5.75 Å². The van der Waals surface area contributed by atoms with Gasteiger partial charge in [-0.2, -0.15) is 0 Å². The number of morpholine rings is 1. The van der Waals surface area contributed by atoms with Crippen LogP contribution < -0.4 is 4.74 Å². The summed E-state index contributed by atoms with van der Waals surface area (Å²) in [4.78, 5) is 17.5. The summed E-state index contributed by atoms with van der Waals surface area (Å²) >= 11 is 0. The largest absolute Gasteiger partial charge is 0.491 e. The van der Waals surface area contributed by atoms with Crippen LogP contribution in [0.25, 0.3) is 0 Å². The van der Waals surface area contributed by atoms with E-state index in [9.17, 15) is 4.79 Å². The van der Waals surface area contributed by atoms with Crippen molar-refractivity contribution in [2.45, 2.75) is 71.7 Å². The van der Waals surface area contributed by atoms with Gasteiger partial charge in [0, 0.05) is 31.7 Å². The number of aryl methyl sites for hydroxylation is 1. The topological polar surface area (TPSA) is 42.0 Å². The van der Waals surface area contributed by atoms with Gasteiger partial charge in [-0.3, -0.25) is 9.69 Å². The molecule has 2 aliphatic rings. The molecular weight excluding hydrogens is 352 g/mol. The summed E-state index contributed by atoms with van der Waals surface area (Å²) in [6.45, 7) is 17.1. The highest BCUT2D eigenvalue weighted by atomic mass is 16.5. The van der Waals surface area contributed by atoms with Gasteiger partial charge in [0.15, 0.2) is 0 Å². The summed E-state index contributed by atoms with van der Waals surface area (Å²) in [5, 5.41) is 0. The van der Waals surface area contributed by atoms with Crippen molar-refractivity contribution in [2.24, 2.45) is 0 Å². The fourth-order valence-electron chi connectivity index (χ4n) is 4.60. The second-order valence-electron chi connectivity index (χ2n) is 9.29. The maximum absolute atomic E-state index is 13.0. The van der Waals surface area contributed by atoms with E-state index in [1.54, 1.807) is 0 Å². The highest BCUT2D eigenvalue weighted by Crippen LogP contribution is 2.36. The SMILES string of the molecule is CCN1CC(C)(C)OC2(CCN(C(=O)c3ccc(OC(C)C)c(C)c3)CC2)C1. The number of amides is 1. The lowest BCUT2D eigenvalue weighted by molar-refractivity contribution is -0.210. The van der Waals surface area contributed by atoms with Crippen molar-refractivity contribution < 1.29 is 14.3 Å². The molecule has 0 aromatic heterocycles. The van der Waals surface area contributed by atoms with Crippen LogP contribution in [0.3, 0.4) is 0 Å². The number of ether oxygens (including phenoxy) is 2. The van der Waals surface area contributed by atoms with Crippen molar-refractivity contribution in [3.63, 3.8) is 0 Å². The van der Waals surface area contributed by atoms with Crippen molar-refractivity contribution >= 4 is 5.91 Å². The lowest BCUT2D eigenvalue weighted by Gasteiger charge is -2.53. The summed E-state index contributed by atoms with van der Waals surface area (Å²) in [6, 6.07) is 5.75. The first kappa shape index (κ1) is 21.1. The van der Waals surface area contributed by atoms with Gasteiger partial charge in [-0.1, -0.05) is 6.92 Å². The molecule has 1 aromatic carbocycles. The Hall–Kier alpha value is -1.59. The van der Waals surface area contributed by atoms with E-state index in [0.717, 1.165) is 62.4 Å². The lowest BCUT2D eigenvalue weighted by atomic mass is 9.86. The van der Waals surface area contributed by atoms with E-state index in [4.69, 9.17) is 9.47 Å². The average Bonchev–Trinajstić information content (AvgIpc) is 2.61. The summed E-state index contributed by atoms with van der Waals surface area (Å²) in [5.41, 5.74) is 1.48. The van der Waals surface area contributed by atoms with Crippen LogP contribution >= 0.6 is 0 Å². The summed E-state index contributed by atoms with van der Waals surface area (Å²) in [7, 11) is 0. The van der Waals surface area contributed by atoms with E-state index in [0.29, 0.717) is 0 Å². The number of rotatable bonds is 4. The van der Waals surface area contributed by atoms with Gasteiger partial charge in [-0.25, -0.2) is 0 Å². The number of nitrogens with zero attached hydrogens (tertiary/aromatic N) is 2. The quantitative estimate of drug-likeness (QED) is 0.785. The Bertz CT molecular complexity index is 706. The molecule has 0 aliphatic carbocycles. The Labute approximate surface area is 170 Å². The first-order chi connectivity index (χ1) is 13.1. The van der Waals surface area contributed by atoms with Crippen molar-refractivity contribution in [1.29, 1.82) is 0 Å². The van der Waals surface area contributed by atoms with E-state index in [1.165, 1.54) is 0 Å². The van der Waals surface area contributed by atoms with Crippen LogP contribution in [0.4, 0.5) is 0 Å². The van der Waals surface area contributed by atoms with Gasteiger partial charge in [-0.15, -0.1) is 0 Å². The molecule has 1 aromatic rings. The standard InChI is InChI=1S/C23H36N2O3/c1-7-24-15-22(5,6)28-23(16-24)10-12-25(13-11-23)21(26)19-8-9-20(18(4)14-19)27-17(2)3/h8-9,14,17H,7,10-13,15-16H2,1-6H3. The predicted molar refractivity (Wildman–Crippen MR) is 112 cm³/mol. The zero-order valence-corrected chi connectivity index (χ0v) is 18.4. The number of likely N-dealkylation sites (N-methyl/N-ethyl adjacent to an activating group) is 1. The maximum atomic E-state index is 13.0. The minimum absolute atomic E-state index is 0.108. The number of hydrogen-bond acceptors (Lipinski definition) is 4. The molecular formula is C23H36N2O3. The van der Waals surface area contributed by atoms with Crippen LogP contribution in [0.5, 0.6) is 5.75 Å². The zero-order chi connectivity index (χ0) is 20.5. The van der Waals surface area contributed by atoms with Gasteiger partial charge in [0.05, 0.1) is 17.3 Å². The number of hydrogen-bond donors (Lipinski definition) is 0. The zero-order valence-electron chi connectivity index (χ0n) is 18.4. The third-order valence-electron chi connectivity index (χ3n) is 5.80. The van der Waals surface area contributed by atoms with E-state index in [-0.39, 0.29) is 23.2 Å². The maximum Gasteiger partial charge on any atom is 0.253 e. The molecule has 2 fully saturated rings. The molecule has 2 heterocycles. The minimum Gasteiger partial charge on any atom is -0.491 e. The van der Waals surface area contributed by atoms with Gasteiger partial charge < -0.3 is 14.4 Å². The van der Waals surface area contributed by atoms with Crippen LogP contribution in [0.1, 0.15) is 63.4 Å². The first-order valence-electron chi connectivity index (χ1n) is 10.6. The molecule has 0 unspecified atom stereocenters. The van der Waals surface area contributed by atoms with Gasteiger partial charge in [-0.05, 0) is 77.8 Å². The molecule has 2 aliphatic heterocycles. The third-order valence-corrected chi connectivity index (χ3v) is 5.80. The molecule has 1 amide bonds. The number of carbonyl (C=O) groups excluding carboxylic acids is 1. The third kappa shape index (κ3) is 4.69. The van der Waals surface area contributed by atoms with Crippen LogP contribution in [0, 0.1) is 6.92 Å². The van der Waals surface area contributed by atoms with Crippen molar-refractivity contribution in [2.75, 3.05) is 32.7 Å². The summed E-state index contributed by atoms with van der Waals surface area (Å²) in [5.74, 6) is 0.957. The smallest absolute Gasteiger partial charge is 0.253 e. The van der Waals surface area contributed by atoms with E-state index >= 15 is 0 Å². The van der Waals surface area contributed by atoms with E-state index < -0.39 is 0 Å². The molecule has 28 heavy (non-hydrogen) atoms. The van der Waals surface area contributed by atoms with Gasteiger partial charge >= 0.3 is 0 Å². The Morgan fingerprint density at radius 1 is 1.21 bits per heavy atom. The molecule has 5 heteroatoms. The van der Waals surface area contributed by atoms with Crippen LogP contribution in [0.15, 0.2) is 18.2 Å². The van der Waals surface area contributed by atoms with Gasteiger partial charge in [0.2, 0.25) is 0 Å². The van der Waals surface area contributed by atoms with E-state index in [1.807, 2.05) is 43.9 Å². The Balaban J connectivity index is 1.66. The van der Waals surface area contributed by atoms with Crippen LogP contribution in [-0.4, -0.2) is 65.7 Å². The van der Waals surface area contributed by atoms with E-state index in [2.05, 4.69) is 25.7 Å². The van der Waals surface area contributed by atoms with Crippen molar-refractivity contribution in [3.05, 3.63) is 29.3 Å². The fourth-order valence-corrected chi connectivity index (χ4v) is 4.60. The second-order valence-corrected chi connectivity index (χ2v) is 9.29. The van der Waals surface area contributed by atoms with Crippen LogP contribution in [0.2, 0.25) is 0 Å². The lowest BCUT2D eigenvalue weighted by Crippen LogP contribution is -2.62. The molecule has 0 radical (unpaired) electrons. The number of piperidine rings is 1. The highest BCUT2D eigenvalue weighted by Gasteiger charge is 2.46. The second kappa shape index (κ2) is 8.03. The monoisotopic (exact) mass is 388 g/mol. The molecule has 0 N–H and O–H groups in total.